The van der Waals surface area contributed by atoms with Crippen molar-refractivity contribution in [2.75, 3.05) is 13.1 Å². The molecular weight excluding hydrogens is 202 g/mol. The molecule has 1 heterocycles. The maximum Gasteiger partial charge on any atom is 0.251 e. The smallest absolute Gasteiger partial charge is 0.251 e. The Balaban J connectivity index is 2.64. The lowest BCUT2D eigenvalue weighted by Gasteiger charge is -2.29. The number of hydrazine groups is 1. The van der Waals surface area contributed by atoms with Gasteiger partial charge in [-0.1, -0.05) is 27.7 Å². The maximum absolute atomic E-state index is 11.7. The molecule has 0 spiro atoms. The van der Waals surface area contributed by atoms with Crippen molar-refractivity contribution in [1.29, 1.82) is 0 Å². The number of carbonyl (C=O) groups excluding carboxylic acids is 1. The molecule has 1 fully saturated rings. The number of nitrogens with one attached hydrogen (secondary N) is 1. The second kappa shape index (κ2) is 5.64. The lowest BCUT2D eigenvalue weighted by Crippen LogP contribution is -2.51. The van der Waals surface area contributed by atoms with Crippen molar-refractivity contribution < 1.29 is 4.79 Å². The third-order valence-electron chi connectivity index (χ3n) is 3.63. The van der Waals surface area contributed by atoms with Crippen LogP contribution in [0.1, 0.15) is 34.1 Å². The van der Waals surface area contributed by atoms with Crippen molar-refractivity contribution in [2.24, 2.45) is 23.6 Å². The van der Waals surface area contributed by atoms with Gasteiger partial charge in [0.25, 0.3) is 5.91 Å². The molecule has 0 aromatic heterocycles. The summed E-state index contributed by atoms with van der Waals surface area (Å²) in [6.07, 6.45) is 1.19. The van der Waals surface area contributed by atoms with Crippen LogP contribution in [0.25, 0.3) is 0 Å². The van der Waals surface area contributed by atoms with Crippen LogP contribution in [0.4, 0.5) is 0 Å². The van der Waals surface area contributed by atoms with Crippen molar-refractivity contribution in [1.82, 2.24) is 10.3 Å². The van der Waals surface area contributed by atoms with Crippen LogP contribution in [0.15, 0.2) is 0 Å². The van der Waals surface area contributed by atoms with Gasteiger partial charge in [0.05, 0.1) is 6.04 Å². The summed E-state index contributed by atoms with van der Waals surface area (Å²) < 4.78 is 0. The van der Waals surface area contributed by atoms with Crippen LogP contribution in [0, 0.1) is 17.8 Å². The van der Waals surface area contributed by atoms with Gasteiger partial charge in [-0.05, 0) is 30.7 Å². The molecule has 1 saturated heterocycles. The molecule has 4 nitrogen and oxygen atoms in total. The zero-order valence-corrected chi connectivity index (χ0v) is 10.9. The minimum absolute atomic E-state index is 0.0561. The van der Waals surface area contributed by atoms with E-state index in [1.807, 2.05) is 0 Å². The summed E-state index contributed by atoms with van der Waals surface area (Å²) in [6.45, 7) is 10.7. The van der Waals surface area contributed by atoms with E-state index in [1.165, 1.54) is 6.42 Å². The fourth-order valence-corrected chi connectivity index (χ4v) is 2.59. The van der Waals surface area contributed by atoms with Gasteiger partial charge in [0.15, 0.2) is 0 Å². The van der Waals surface area contributed by atoms with Gasteiger partial charge in [0.2, 0.25) is 0 Å². The SMILES string of the molecule is CC(C)C1CCN(C(C(=O)NN)C(C)C)C1. The molecule has 1 aliphatic heterocycles. The summed E-state index contributed by atoms with van der Waals surface area (Å²) in [6, 6.07) is -0.0752. The molecule has 2 atom stereocenters. The molecule has 1 aliphatic rings. The average molecular weight is 227 g/mol. The monoisotopic (exact) mass is 227 g/mol. The molecule has 2 unspecified atom stereocenters. The predicted octanol–water partition coefficient (Wildman–Crippen LogP) is 0.979. The number of rotatable bonds is 4. The molecule has 3 N–H and O–H groups in total. The van der Waals surface area contributed by atoms with E-state index in [4.69, 9.17) is 5.84 Å². The lowest BCUT2D eigenvalue weighted by molar-refractivity contribution is -0.127. The lowest BCUT2D eigenvalue weighted by atomic mass is 9.95. The van der Waals surface area contributed by atoms with E-state index in [2.05, 4.69) is 38.0 Å². The highest BCUT2D eigenvalue weighted by molar-refractivity contribution is 5.81. The number of hydrogen-bond donors (Lipinski definition) is 2. The molecule has 94 valence electrons. The number of nitrogens with two attached hydrogens (primary N) is 1. The minimum atomic E-state index is -0.0752. The van der Waals surface area contributed by atoms with Gasteiger partial charge in [-0.2, -0.15) is 0 Å². The van der Waals surface area contributed by atoms with Crippen molar-refractivity contribution in [3.63, 3.8) is 0 Å². The Morgan fingerprint density at radius 2 is 2.00 bits per heavy atom. The van der Waals surface area contributed by atoms with Crippen LogP contribution in [-0.4, -0.2) is 29.9 Å². The minimum Gasteiger partial charge on any atom is -0.293 e. The first-order valence-electron chi connectivity index (χ1n) is 6.21. The highest BCUT2D eigenvalue weighted by atomic mass is 16.2. The first-order valence-corrected chi connectivity index (χ1v) is 6.21. The largest absolute Gasteiger partial charge is 0.293 e. The van der Waals surface area contributed by atoms with E-state index >= 15 is 0 Å². The van der Waals surface area contributed by atoms with Gasteiger partial charge < -0.3 is 0 Å². The van der Waals surface area contributed by atoms with Crippen LogP contribution in [0.2, 0.25) is 0 Å². The van der Waals surface area contributed by atoms with Gasteiger partial charge in [-0.3, -0.25) is 15.1 Å². The quantitative estimate of drug-likeness (QED) is 0.427. The third kappa shape index (κ3) is 2.95. The summed E-state index contributed by atoms with van der Waals surface area (Å²) in [4.78, 5) is 14.0. The Kier molecular flexibility index (Phi) is 4.74. The molecule has 0 aromatic carbocycles. The topological polar surface area (TPSA) is 58.4 Å². The average Bonchev–Trinajstić information content (AvgIpc) is 2.66. The fourth-order valence-electron chi connectivity index (χ4n) is 2.59. The summed E-state index contributed by atoms with van der Waals surface area (Å²) >= 11 is 0. The predicted molar refractivity (Wildman–Crippen MR) is 65.5 cm³/mol. The van der Waals surface area contributed by atoms with E-state index in [-0.39, 0.29) is 11.9 Å². The van der Waals surface area contributed by atoms with Crippen molar-refractivity contribution >= 4 is 5.91 Å². The van der Waals surface area contributed by atoms with Gasteiger partial charge in [-0.25, -0.2) is 5.84 Å². The van der Waals surface area contributed by atoms with E-state index in [0.717, 1.165) is 13.1 Å². The molecule has 1 amide bonds. The maximum atomic E-state index is 11.7. The molecule has 0 bridgehead atoms. The number of amides is 1. The number of carbonyl (C=O) groups is 1. The molecular formula is C12H25N3O. The Morgan fingerprint density at radius 1 is 1.38 bits per heavy atom. The van der Waals surface area contributed by atoms with E-state index < -0.39 is 0 Å². The summed E-state index contributed by atoms with van der Waals surface area (Å²) in [5.41, 5.74) is 2.29. The first kappa shape index (κ1) is 13.5. The van der Waals surface area contributed by atoms with Gasteiger partial charge >= 0.3 is 0 Å². The van der Waals surface area contributed by atoms with E-state index in [0.29, 0.717) is 17.8 Å². The fraction of sp³-hybridized carbons (Fsp3) is 0.917. The highest BCUT2D eigenvalue weighted by Crippen LogP contribution is 2.27. The van der Waals surface area contributed by atoms with Gasteiger partial charge in [0, 0.05) is 6.54 Å². The summed E-state index contributed by atoms with van der Waals surface area (Å²) in [5.74, 6) is 6.90. The molecule has 0 radical (unpaired) electrons. The van der Waals surface area contributed by atoms with Crippen LogP contribution in [0.3, 0.4) is 0 Å². The standard InChI is InChI=1S/C12H25N3O/c1-8(2)10-5-6-15(7-10)11(9(3)4)12(16)14-13/h8-11H,5-7,13H2,1-4H3,(H,14,16). The second-order valence-electron chi connectivity index (χ2n) is 5.49. The molecule has 0 saturated carbocycles. The number of likely N-dealkylation sites (tertiary alicyclic amines) is 1. The molecule has 0 aliphatic carbocycles. The van der Waals surface area contributed by atoms with Crippen LogP contribution in [-0.2, 0) is 4.79 Å². The van der Waals surface area contributed by atoms with E-state index in [9.17, 15) is 4.79 Å². The highest BCUT2D eigenvalue weighted by Gasteiger charge is 2.34. The van der Waals surface area contributed by atoms with Crippen LogP contribution in [0.5, 0.6) is 0 Å². The first-order chi connectivity index (χ1) is 7.47. The van der Waals surface area contributed by atoms with Gasteiger partial charge in [-0.15, -0.1) is 0 Å². The second-order valence-corrected chi connectivity index (χ2v) is 5.49. The Labute approximate surface area is 98.5 Å². The summed E-state index contributed by atoms with van der Waals surface area (Å²) in [5, 5.41) is 0. The number of nitrogens with zero attached hydrogens (tertiary/aromatic N) is 1. The van der Waals surface area contributed by atoms with Crippen molar-refractivity contribution in [2.45, 2.75) is 40.2 Å². The normalized spacial score (nSPS) is 24.1. The summed E-state index contributed by atoms with van der Waals surface area (Å²) in [7, 11) is 0. The van der Waals surface area contributed by atoms with Crippen LogP contribution >= 0.6 is 0 Å². The molecule has 4 heteroatoms. The Morgan fingerprint density at radius 3 is 2.38 bits per heavy atom. The molecule has 16 heavy (non-hydrogen) atoms. The molecule has 1 rings (SSSR count). The van der Waals surface area contributed by atoms with Crippen molar-refractivity contribution in [3.05, 3.63) is 0 Å². The number of hydrogen-bond acceptors (Lipinski definition) is 3. The Hall–Kier alpha value is -0.610. The van der Waals surface area contributed by atoms with Crippen molar-refractivity contribution in [3.8, 4) is 0 Å². The van der Waals surface area contributed by atoms with Gasteiger partial charge in [0.1, 0.15) is 0 Å². The third-order valence-corrected chi connectivity index (χ3v) is 3.63. The van der Waals surface area contributed by atoms with Crippen LogP contribution < -0.4 is 11.3 Å². The zero-order chi connectivity index (χ0) is 12.3. The zero-order valence-electron chi connectivity index (χ0n) is 10.9. The molecule has 0 aromatic rings. The Bertz CT molecular complexity index is 240. The van der Waals surface area contributed by atoms with E-state index in [1.54, 1.807) is 0 Å².